The first-order valence-electron chi connectivity index (χ1n) is 11.5. The van der Waals surface area contributed by atoms with Gasteiger partial charge in [-0.05, 0) is 102 Å². The number of fused-ring (bicyclic) bond motifs is 4. The van der Waals surface area contributed by atoms with Gasteiger partial charge in [-0.25, -0.2) is 0 Å². The van der Waals surface area contributed by atoms with Crippen molar-refractivity contribution < 1.29 is 5.11 Å². The maximum atomic E-state index is 11.6. The Kier molecular flexibility index (Phi) is 4.18. The highest BCUT2D eigenvalue weighted by molar-refractivity contribution is 5.27. The van der Waals surface area contributed by atoms with Gasteiger partial charge in [-0.3, -0.25) is 0 Å². The van der Waals surface area contributed by atoms with Crippen LogP contribution in [-0.4, -0.2) is 60.8 Å². The standard InChI is InChI=1S/C24H40N2O/c1-15-19-8-9-20-18-7-6-16-12-17(25(3)4)10-11-23(16,2)21(18)13-22(27)24(19,20)14-26(15)5/h6,15,17-22,27H,7-14H2,1-5H3. The molecule has 0 amide bonds. The molecule has 0 aromatic rings. The van der Waals surface area contributed by atoms with Gasteiger partial charge in [0.15, 0.2) is 0 Å². The van der Waals surface area contributed by atoms with Crippen LogP contribution in [0.15, 0.2) is 11.6 Å². The zero-order valence-corrected chi connectivity index (χ0v) is 18.1. The third-order valence-electron chi connectivity index (χ3n) is 10.5. The molecule has 27 heavy (non-hydrogen) atoms. The first-order chi connectivity index (χ1) is 12.8. The predicted molar refractivity (Wildman–Crippen MR) is 110 cm³/mol. The Hall–Kier alpha value is -0.380. The molecule has 9 atom stereocenters. The molecule has 3 nitrogen and oxygen atoms in total. The Balaban J connectivity index is 1.49. The molecule has 1 spiro atoms. The van der Waals surface area contributed by atoms with Gasteiger partial charge in [-0.2, -0.15) is 0 Å². The fraction of sp³-hybridized carbons (Fsp3) is 0.917. The summed E-state index contributed by atoms with van der Waals surface area (Å²) in [5.74, 6) is 2.96. The second-order valence-corrected chi connectivity index (χ2v) is 11.3. The number of hydrogen-bond donors (Lipinski definition) is 1. The van der Waals surface area contributed by atoms with Crippen LogP contribution in [0.3, 0.4) is 0 Å². The van der Waals surface area contributed by atoms with Crippen LogP contribution in [0.2, 0.25) is 0 Å². The quantitative estimate of drug-likeness (QED) is 0.710. The van der Waals surface area contributed by atoms with Crippen LogP contribution in [0, 0.1) is 34.5 Å². The van der Waals surface area contributed by atoms with Crippen molar-refractivity contribution in [3.63, 3.8) is 0 Å². The van der Waals surface area contributed by atoms with Crippen molar-refractivity contribution in [2.24, 2.45) is 34.5 Å². The molecule has 5 aliphatic rings. The van der Waals surface area contributed by atoms with Crippen LogP contribution in [0.25, 0.3) is 0 Å². The molecule has 0 aromatic carbocycles. The molecule has 3 saturated carbocycles. The topological polar surface area (TPSA) is 26.7 Å². The van der Waals surface area contributed by atoms with Crippen LogP contribution in [-0.2, 0) is 0 Å². The van der Waals surface area contributed by atoms with E-state index >= 15 is 0 Å². The van der Waals surface area contributed by atoms with Gasteiger partial charge in [-0.1, -0.05) is 18.6 Å². The summed E-state index contributed by atoms with van der Waals surface area (Å²) < 4.78 is 0. The van der Waals surface area contributed by atoms with Crippen molar-refractivity contribution in [1.29, 1.82) is 0 Å². The highest BCUT2D eigenvalue weighted by atomic mass is 16.3. The summed E-state index contributed by atoms with van der Waals surface area (Å²) in [5.41, 5.74) is 2.26. The zero-order chi connectivity index (χ0) is 19.1. The van der Waals surface area contributed by atoms with Crippen LogP contribution in [0.5, 0.6) is 0 Å². The van der Waals surface area contributed by atoms with Gasteiger partial charge in [0, 0.05) is 24.0 Å². The van der Waals surface area contributed by atoms with E-state index in [1.54, 1.807) is 5.57 Å². The molecule has 5 rings (SSSR count). The van der Waals surface area contributed by atoms with E-state index in [1.807, 2.05) is 0 Å². The minimum absolute atomic E-state index is 0.0913. The van der Waals surface area contributed by atoms with E-state index in [9.17, 15) is 5.11 Å². The average molecular weight is 373 g/mol. The number of rotatable bonds is 1. The Bertz CT molecular complexity index is 644. The van der Waals surface area contributed by atoms with Crippen LogP contribution in [0.1, 0.15) is 58.8 Å². The molecule has 1 heterocycles. The highest BCUT2D eigenvalue weighted by Crippen LogP contribution is 2.68. The minimum Gasteiger partial charge on any atom is -0.392 e. The molecule has 4 aliphatic carbocycles. The first-order valence-corrected chi connectivity index (χ1v) is 11.5. The summed E-state index contributed by atoms with van der Waals surface area (Å²) in [6.07, 6.45) is 11.5. The van der Waals surface area contributed by atoms with Crippen molar-refractivity contribution in [2.45, 2.75) is 77.0 Å². The van der Waals surface area contributed by atoms with E-state index in [0.29, 0.717) is 29.3 Å². The number of nitrogens with zero attached hydrogens (tertiary/aromatic N) is 2. The lowest BCUT2D eigenvalue weighted by Gasteiger charge is -2.60. The lowest BCUT2D eigenvalue weighted by molar-refractivity contribution is -0.125. The van der Waals surface area contributed by atoms with Crippen molar-refractivity contribution in [2.75, 3.05) is 27.7 Å². The summed E-state index contributed by atoms with van der Waals surface area (Å²) in [7, 11) is 6.77. The third-order valence-corrected chi connectivity index (χ3v) is 10.5. The van der Waals surface area contributed by atoms with Crippen molar-refractivity contribution in [1.82, 2.24) is 9.80 Å². The predicted octanol–water partition coefficient (Wildman–Crippen LogP) is 3.78. The Morgan fingerprint density at radius 2 is 1.89 bits per heavy atom. The normalized spacial score (nSPS) is 54.9. The number of hydrogen-bond acceptors (Lipinski definition) is 3. The molecule has 0 radical (unpaired) electrons. The van der Waals surface area contributed by atoms with Crippen LogP contribution >= 0.6 is 0 Å². The SMILES string of the molecule is CC1C2CCC3C4CC=C5CC(N(C)C)CCC5(C)C4CC(O)C32CN1C. The molecular weight excluding hydrogens is 332 g/mol. The average Bonchev–Trinajstić information content (AvgIpc) is 3.12. The van der Waals surface area contributed by atoms with E-state index in [0.717, 1.165) is 24.8 Å². The maximum absolute atomic E-state index is 11.6. The molecule has 0 bridgehead atoms. The van der Waals surface area contributed by atoms with E-state index in [4.69, 9.17) is 0 Å². The summed E-state index contributed by atoms with van der Waals surface area (Å²) in [6, 6.07) is 1.35. The van der Waals surface area contributed by atoms with E-state index in [2.05, 4.69) is 50.9 Å². The number of aliphatic hydroxyl groups excluding tert-OH is 1. The second-order valence-electron chi connectivity index (χ2n) is 11.3. The van der Waals surface area contributed by atoms with Gasteiger partial charge in [-0.15, -0.1) is 0 Å². The van der Waals surface area contributed by atoms with Crippen molar-refractivity contribution >= 4 is 0 Å². The maximum Gasteiger partial charge on any atom is 0.0617 e. The van der Waals surface area contributed by atoms with Crippen molar-refractivity contribution in [3.05, 3.63) is 11.6 Å². The molecular formula is C24H40N2O. The molecule has 1 saturated heterocycles. The van der Waals surface area contributed by atoms with Gasteiger partial charge < -0.3 is 14.9 Å². The van der Waals surface area contributed by atoms with Gasteiger partial charge >= 0.3 is 0 Å². The summed E-state index contributed by atoms with van der Waals surface area (Å²) in [4.78, 5) is 4.98. The van der Waals surface area contributed by atoms with Gasteiger partial charge in [0.25, 0.3) is 0 Å². The number of allylic oxidation sites excluding steroid dienone is 1. The lowest BCUT2D eigenvalue weighted by atomic mass is 9.46. The van der Waals surface area contributed by atoms with Crippen molar-refractivity contribution in [3.8, 4) is 0 Å². The zero-order valence-electron chi connectivity index (χ0n) is 18.1. The van der Waals surface area contributed by atoms with E-state index in [1.165, 1.54) is 38.5 Å². The molecule has 0 aromatic heterocycles. The van der Waals surface area contributed by atoms with Gasteiger partial charge in [0.1, 0.15) is 0 Å². The summed E-state index contributed by atoms with van der Waals surface area (Å²) in [5, 5.41) is 11.6. The molecule has 9 unspecified atom stereocenters. The molecule has 1 aliphatic heterocycles. The summed E-state index contributed by atoms with van der Waals surface area (Å²) >= 11 is 0. The molecule has 4 fully saturated rings. The number of likely N-dealkylation sites (tertiary alicyclic amines) is 1. The van der Waals surface area contributed by atoms with Gasteiger partial charge in [0.05, 0.1) is 6.10 Å². The Morgan fingerprint density at radius 3 is 2.63 bits per heavy atom. The monoisotopic (exact) mass is 372 g/mol. The Labute approximate surface area is 166 Å². The molecule has 1 N–H and O–H groups in total. The molecule has 152 valence electrons. The molecule has 3 heteroatoms. The largest absolute Gasteiger partial charge is 0.392 e. The second kappa shape index (κ2) is 6.06. The minimum atomic E-state index is -0.0913. The van der Waals surface area contributed by atoms with Crippen LogP contribution in [0.4, 0.5) is 0 Å². The smallest absolute Gasteiger partial charge is 0.0617 e. The Morgan fingerprint density at radius 1 is 1.15 bits per heavy atom. The van der Waals surface area contributed by atoms with Gasteiger partial charge in [0.2, 0.25) is 0 Å². The first kappa shape index (κ1) is 18.6. The van der Waals surface area contributed by atoms with Crippen LogP contribution < -0.4 is 0 Å². The van der Waals surface area contributed by atoms with E-state index in [-0.39, 0.29) is 11.5 Å². The fourth-order valence-corrected chi connectivity index (χ4v) is 8.84. The third kappa shape index (κ3) is 2.31. The highest BCUT2D eigenvalue weighted by Gasteiger charge is 2.67. The number of aliphatic hydroxyl groups is 1. The summed E-state index contributed by atoms with van der Waals surface area (Å²) in [6.45, 7) is 6.09. The lowest BCUT2D eigenvalue weighted by Crippen LogP contribution is -2.58. The van der Waals surface area contributed by atoms with E-state index < -0.39 is 0 Å². The fourth-order valence-electron chi connectivity index (χ4n) is 8.84.